The Morgan fingerprint density at radius 2 is 1.79 bits per heavy atom. The number of carbonyl (C=O) groups is 2. The summed E-state index contributed by atoms with van der Waals surface area (Å²) >= 11 is 0. The van der Waals surface area contributed by atoms with Crippen LogP contribution in [0.5, 0.6) is 5.75 Å². The molecular weight excluding hydrogens is 424 g/mol. The molecule has 0 radical (unpaired) electrons. The maximum absolute atomic E-state index is 13.2. The number of ether oxygens (including phenoxy) is 1. The van der Waals surface area contributed by atoms with Gasteiger partial charge in [-0.15, -0.1) is 0 Å². The first-order chi connectivity index (χ1) is 16.2. The van der Waals surface area contributed by atoms with Crippen LogP contribution in [0.25, 0.3) is 0 Å². The molecule has 1 aliphatic heterocycles. The summed E-state index contributed by atoms with van der Waals surface area (Å²) in [6.45, 7) is 9.66. The molecule has 2 amide bonds. The third-order valence-electron chi connectivity index (χ3n) is 7.04. The van der Waals surface area contributed by atoms with Crippen molar-refractivity contribution in [2.45, 2.75) is 59.4 Å². The van der Waals surface area contributed by atoms with Crippen molar-refractivity contribution in [2.24, 2.45) is 11.8 Å². The van der Waals surface area contributed by atoms with Crippen molar-refractivity contribution in [3.8, 4) is 5.75 Å². The Morgan fingerprint density at radius 3 is 2.41 bits per heavy atom. The monoisotopic (exact) mass is 464 g/mol. The summed E-state index contributed by atoms with van der Waals surface area (Å²) in [5, 5.41) is 0. The zero-order chi connectivity index (χ0) is 24.8. The minimum absolute atomic E-state index is 0.0942. The van der Waals surface area contributed by atoms with Crippen LogP contribution in [0, 0.1) is 25.7 Å². The molecule has 1 heterocycles. The van der Waals surface area contributed by atoms with Crippen LogP contribution in [-0.4, -0.2) is 54.9 Å². The van der Waals surface area contributed by atoms with Gasteiger partial charge in [0.05, 0.1) is 7.11 Å². The molecule has 5 heteroatoms. The fourth-order valence-corrected chi connectivity index (χ4v) is 5.05. The van der Waals surface area contributed by atoms with Gasteiger partial charge in [-0.3, -0.25) is 9.59 Å². The first kappa shape index (κ1) is 25.8. The number of aryl methyl sites for hydroxylation is 2. The van der Waals surface area contributed by atoms with E-state index in [4.69, 9.17) is 4.74 Å². The Hall–Kier alpha value is -2.82. The summed E-state index contributed by atoms with van der Waals surface area (Å²) in [6, 6.07) is 14.2. The molecule has 1 saturated heterocycles. The lowest BCUT2D eigenvalue weighted by molar-refractivity contribution is -0.134. The summed E-state index contributed by atoms with van der Waals surface area (Å²) in [4.78, 5) is 30.1. The minimum atomic E-state index is 0.0942. The zero-order valence-corrected chi connectivity index (χ0v) is 21.6. The topological polar surface area (TPSA) is 49.9 Å². The molecule has 0 spiro atoms. The Kier molecular flexibility index (Phi) is 8.76. The lowest BCUT2D eigenvalue weighted by Gasteiger charge is -2.40. The normalized spacial score (nSPS) is 15.3. The number of nitrogens with zero attached hydrogens (tertiary/aromatic N) is 2. The molecule has 2 aromatic rings. The molecule has 1 fully saturated rings. The molecular formula is C29H40N2O3. The van der Waals surface area contributed by atoms with Gasteiger partial charge in [0.1, 0.15) is 5.75 Å². The molecule has 0 aromatic heterocycles. The molecule has 2 aromatic carbocycles. The van der Waals surface area contributed by atoms with E-state index < -0.39 is 0 Å². The largest absolute Gasteiger partial charge is 0.497 e. The van der Waals surface area contributed by atoms with Gasteiger partial charge in [-0.05, 0) is 74.3 Å². The van der Waals surface area contributed by atoms with Crippen molar-refractivity contribution < 1.29 is 14.3 Å². The van der Waals surface area contributed by atoms with E-state index >= 15 is 0 Å². The standard InChI is InChI=1S/C29H40N2O3/c1-20(2)16-28(32)30(5)27(19-23-8-7-9-25(18-23)34-6)24-12-14-31(15-13-24)29(33)26-11-10-21(3)17-22(26)4/h7-11,17-18,20,24,27H,12-16,19H2,1-6H3. The third-order valence-corrected chi connectivity index (χ3v) is 7.04. The number of benzene rings is 2. The van der Waals surface area contributed by atoms with E-state index in [1.54, 1.807) is 7.11 Å². The van der Waals surface area contributed by atoms with Crippen molar-refractivity contribution in [3.05, 3.63) is 64.7 Å². The van der Waals surface area contributed by atoms with Crippen LogP contribution < -0.4 is 4.74 Å². The Labute approximate surface area is 205 Å². The second-order valence-electron chi connectivity index (χ2n) is 10.2. The van der Waals surface area contributed by atoms with E-state index in [0.29, 0.717) is 18.3 Å². The summed E-state index contributed by atoms with van der Waals surface area (Å²) in [7, 11) is 3.63. The molecule has 5 nitrogen and oxygen atoms in total. The molecule has 3 rings (SSSR count). The van der Waals surface area contributed by atoms with Crippen LogP contribution in [0.1, 0.15) is 60.2 Å². The Morgan fingerprint density at radius 1 is 1.09 bits per heavy atom. The lowest BCUT2D eigenvalue weighted by Crippen LogP contribution is -2.48. The molecule has 0 saturated carbocycles. The summed E-state index contributed by atoms with van der Waals surface area (Å²) in [5.74, 6) is 1.81. The highest BCUT2D eigenvalue weighted by molar-refractivity contribution is 5.95. The van der Waals surface area contributed by atoms with Crippen molar-refractivity contribution in [3.63, 3.8) is 0 Å². The van der Waals surface area contributed by atoms with Gasteiger partial charge in [0, 0.05) is 38.2 Å². The number of piperidine rings is 1. The molecule has 1 aliphatic rings. The highest BCUT2D eigenvalue weighted by Crippen LogP contribution is 2.29. The average molecular weight is 465 g/mol. The quantitative estimate of drug-likeness (QED) is 0.534. The number of likely N-dealkylation sites (N-methyl/N-ethyl adjacent to an activating group) is 1. The maximum Gasteiger partial charge on any atom is 0.254 e. The van der Waals surface area contributed by atoms with E-state index in [1.807, 2.05) is 55.0 Å². The van der Waals surface area contributed by atoms with Gasteiger partial charge in [0.2, 0.25) is 5.91 Å². The molecule has 1 atom stereocenters. The van der Waals surface area contributed by atoms with Crippen LogP contribution in [0.4, 0.5) is 0 Å². The predicted molar refractivity (Wildman–Crippen MR) is 137 cm³/mol. The number of likely N-dealkylation sites (tertiary alicyclic amines) is 1. The summed E-state index contributed by atoms with van der Waals surface area (Å²) in [5.41, 5.74) is 4.16. The zero-order valence-electron chi connectivity index (χ0n) is 21.6. The Bertz CT molecular complexity index is 993. The van der Waals surface area contributed by atoms with Gasteiger partial charge in [0.25, 0.3) is 5.91 Å². The van der Waals surface area contributed by atoms with E-state index in [1.165, 1.54) is 11.1 Å². The summed E-state index contributed by atoms with van der Waals surface area (Å²) in [6.07, 6.45) is 3.12. The van der Waals surface area contributed by atoms with Gasteiger partial charge < -0.3 is 14.5 Å². The number of hydrogen-bond donors (Lipinski definition) is 0. The number of hydrogen-bond acceptors (Lipinski definition) is 3. The molecule has 0 N–H and O–H groups in total. The fraction of sp³-hybridized carbons (Fsp3) is 0.517. The first-order valence-corrected chi connectivity index (χ1v) is 12.4. The highest BCUT2D eigenvalue weighted by atomic mass is 16.5. The molecule has 184 valence electrons. The maximum atomic E-state index is 13.2. The van der Waals surface area contributed by atoms with E-state index in [-0.39, 0.29) is 17.9 Å². The smallest absolute Gasteiger partial charge is 0.254 e. The number of amides is 2. The van der Waals surface area contributed by atoms with Gasteiger partial charge in [-0.25, -0.2) is 0 Å². The number of rotatable bonds is 8. The molecule has 1 unspecified atom stereocenters. The SMILES string of the molecule is COc1cccc(CC(C2CCN(C(=O)c3ccc(C)cc3C)CC2)N(C)C(=O)CC(C)C)c1. The second kappa shape index (κ2) is 11.5. The second-order valence-corrected chi connectivity index (χ2v) is 10.2. The van der Waals surface area contributed by atoms with E-state index in [9.17, 15) is 9.59 Å². The lowest BCUT2D eigenvalue weighted by atomic mass is 9.84. The average Bonchev–Trinajstić information content (AvgIpc) is 2.81. The number of methoxy groups -OCH3 is 1. The minimum Gasteiger partial charge on any atom is -0.497 e. The molecule has 0 aliphatic carbocycles. The molecule has 34 heavy (non-hydrogen) atoms. The Balaban J connectivity index is 1.74. The van der Waals surface area contributed by atoms with Crippen LogP contribution in [0.2, 0.25) is 0 Å². The van der Waals surface area contributed by atoms with Crippen molar-refractivity contribution in [2.75, 3.05) is 27.2 Å². The highest BCUT2D eigenvalue weighted by Gasteiger charge is 2.33. The van der Waals surface area contributed by atoms with E-state index in [0.717, 1.165) is 49.2 Å². The van der Waals surface area contributed by atoms with Gasteiger partial charge in [0.15, 0.2) is 0 Å². The van der Waals surface area contributed by atoms with Gasteiger partial charge >= 0.3 is 0 Å². The number of carbonyl (C=O) groups excluding carboxylic acids is 2. The summed E-state index contributed by atoms with van der Waals surface area (Å²) < 4.78 is 5.42. The van der Waals surface area contributed by atoms with Crippen LogP contribution in [0.3, 0.4) is 0 Å². The van der Waals surface area contributed by atoms with Crippen molar-refractivity contribution in [1.82, 2.24) is 9.80 Å². The first-order valence-electron chi connectivity index (χ1n) is 12.4. The van der Waals surface area contributed by atoms with E-state index in [2.05, 4.69) is 32.0 Å². The van der Waals surface area contributed by atoms with Gasteiger partial charge in [-0.1, -0.05) is 43.7 Å². The van der Waals surface area contributed by atoms with Crippen LogP contribution in [0.15, 0.2) is 42.5 Å². The van der Waals surface area contributed by atoms with Crippen LogP contribution in [-0.2, 0) is 11.2 Å². The van der Waals surface area contributed by atoms with Crippen LogP contribution >= 0.6 is 0 Å². The third kappa shape index (κ3) is 6.40. The predicted octanol–water partition coefficient (Wildman–Crippen LogP) is 5.28. The molecule has 0 bridgehead atoms. The van der Waals surface area contributed by atoms with Crippen molar-refractivity contribution in [1.29, 1.82) is 0 Å². The fourth-order valence-electron chi connectivity index (χ4n) is 5.05. The van der Waals surface area contributed by atoms with Crippen molar-refractivity contribution >= 4 is 11.8 Å². The van der Waals surface area contributed by atoms with Gasteiger partial charge in [-0.2, -0.15) is 0 Å².